The number of imidazole rings is 1. The number of esters is 2. The number of carbonyl (C=O) groups is 3. The molecule has 13 heteroatoms. The maximum absolute atomic E-state index is 12.7. The number of alkyl carbamates (subject to hydrolysis) is 1. The molecule has 0 aromatic carbocycles. The van der Waals surface area contributed by atoms with Gasteiger partial charge in [-0.25, -0.2) is 14.6 Å². The van der Waals surface area contributed by atoms with Crippen LogP contribution in [0.1, 0.15) is 60.8 Å². The lowest BCUT2D eigenvalue weighted by Crippen LogP contribution is -2.47. The Morgan fingerprint density at radius 2 is 1.92 bits per heavy atom. The Bertz CT molecular complexity index is 1130. The van der Waals surface area contributed by atoms with E-state index >= 15 is 0 Å². The minimum atomic E-state index is -0.896. The average Bonchev–Trinajstić information content (AvgIpc) is 3.17. The summed E-state index contributed by atoms with van der Waals surface area (Å²) in [4.78, 5) is 59.6. The van der Waals surface area contributed by atoms with Gasteiger partial charge < -0.3 is 29.8 Å². The zero-order valence-electron chi connectivity index (χ0n) is 22.3. The van der Waals surface area contributed by atoms with Gasteiger partial charge in [0.2, 0.25) is 5.95 Å². The van der Waals surface area contributed by atoms with Crippen LogP contribution in [0.4, 0.5) is 10.7 Å². The van der Waals surface area contributed by atoms with Gasteiger partial charge in [-0.2, -0.15) is 4.98 Å². The molecule has 0 aliphatic carbocycles. The molecular weight excluding hydrogens is 484 g/mol. The third-order valence-electron chi connectivity index (χ3n) is 5.25. The summed E-state index contributed by atoms with van der Waals surface area (Å²) < 4.78 is 17.7. The van der Waals surface area contributed by atoms with Gasteiger partial charge in [0.05, 0.1) is 19.5 Å². The minimum Gasteiger partial charge on any atom is -0.465 e. The van der Waals surface area contributed by atoms with E-state index < -0.39 is 29.3 Å². The lowest BCUT2D eigenvalue weighted by atomic mass is 10.0. The normalized spacial score (nSPS) is 13.3. The fourth-order valence-corrected chi connectivity index (χ4v) is 3.45. The topological polar surface area (TPSA) is 181 Å². The van der Waals surface area contributed by atoms with Crippen molar-refractivity contribution in [3.8, 4) is 0 Å². The number of ether oxygens (including phenoxy) is 3. The zero-order valence-corrected chi connectivity index (χ0v) is 22.3. The van der Waals surface area contributed by atoms with E-state index in [-0.39, 0.29) is 55.4 Å². The molecule has 2 rings (SSSR count). The van der Waals surface area contributed by atoms with E-state index in [0.29, 0.717) is 18.5 Å². The molecule has 0 saturated heterocycles. The van der Waals surface area contributed by atoms with Crippen molar-refractivity contribution >= 4 is 35.1 Å². The van der Waals surface area contributed by atoms with Gasteiger partial charge in [-0.05, 0) is 39.5 Å². The van der Waals surface area contributed by atoms with E-state index in [2.05, 4.69) is 20.3 Å². The van der Waals surface area contributed by atoms with Crippen molar-refractivity contribution in [1.82, 2.24) is 24.8 Å². The van der Waals surface area contributed by atoms with Crippen LogP contribution in [0, 0.1) is 11.8 Å². The summed E-state index contributed by atoms with van der Waals surface area (Å²) in [6, 6.07) is -0.896. The maximum Gasteiger partial charge on any atom is 0.408 e. The number of anilines is 1. The Morgan fingerprint density at radius 3 is 2.54 bits per heavy atom. The van der Waals surface area contributed by atoms with Crippen LogP contribution in [0.5, 0.6) is 0 Å². The predicted octanol–water partition coefficient (Wildman–Crippen LogP) is 2.14. The van der Waals surface area contributed by atoms with Crippen LogP contribution in [-0.2, 0) is 30.3 Å². The summed E-state index contributed by atoms with van der Waals surface area (Å²) in [5, 5.41) is 2.56. The lowest BCUT2D eigenvalue weighted by molar-refractivity contribution is -0.149. The van der Waals surface area contributed by atoms with Crippen LogP contribution >= 0.6 is 0 Å². The highest BCUT2D eigenvalue weighted by atomic mass is 16.6. The number of rotatable bonds is 12. The zero-order chi connectivity index (χ0) is 27.8. The Balaban J connectivity index is 2.07. The van der Waals surface area contributed by atoms with E-state index in [1.807, 2.05) is 6.92 Å². The first-order valence-corrected chi connectivity index (χ1v) is 12.3. The molecule has 37 heavy (non-hydrogen) atoms. The van der Waals surface area contributed by atoms with Gasteiger partial charge in [0.1, 0.15) is 11.6 Å². The van der Waals surface area contributed by atoms with Crippen molar-refractivity contribution in [3.05, 3.63) is 16.7 Å². The Hall–Kier alpha value is -3.64. The van der Waals surface area contributed by atoms with Gasteiger partial charge in [0.15, 0.2) is 11.2 Å². The van der Waals surface area contributed by atoms with Crippen molar-refractivity contribution in [2.45, 2.75) is 79.0 Å². The molecule has 2 heterocycles. The van der Waals surface area contributed by atoms with Crippen LogP contribution < -0.4 is 16.6 Å². The number of nitrogen functional groups attached to an aromatic ring is 1. The lowest BCUT2D eigenvalue weighted by Gasteiger charge is -2.25. The second-order valence-electron chi connectivity index (χ2n) is 10.1. The van der Waals surface area contributed by atoms with Gasteiger partial charge in [-0.1, -0.05) is 20.8 Å². The predicted molar refractivity (Wildman–Crippen MR) is 135 cm³/mol. The van der Waals surface area contributed by atoms with Gasteiger partial charge in [-0.3, -0.25) is 14.6 Å². The summed E-state index contributed by atoms with van der Waals surface area (Å²) in [5.41, 5.74) is 4.94. The first-order chi connectivity index (χ1) is 17.3. The average molecular weight is 523 g/mol. The Kier molecular flexibility index (Phi) is 10.4. The quantitative estimate of drug-likeness (QED) is 0.276. The van der Waals surface area contributed by atoms with Crippen molar-refractivity contribution in [1.29, 1.82) is 0 Å². The number of aromatic amines is 1. The van der Waals surface area contributed by atoms with E-state index in [9.17, 15) is 19.2 Å². The number of amides is 1. The number of hydrogen-bond donors (Lipinski definition) is 3. The number of nitrogens with two attached hydrogens (primary N) is 1. The standard InChI is InChI=1S/C24H38N6O7/c1-7-8-16(31)36-12-15(11-30-13-26-18-19(30)28-22(25)29-20(18)32)9-10-35-21(33)17(14(2)3)27-23(34)37-24(4,5)6/h13-15,17H,7-12H2,1-6H3,(H,27,34)(H3,25,28,29,32)/t15-,17+/m1/s1. The third-order valence-corrected chi connectivity index (χ3v) is 5.25. The number of hydrogen-bond acceptors (Lipinski definition) is 10. The summed E-state index contributed by atoms with van der Waals surface area (Å²) >= 11 is 0. The second kappa shape index (κ2) is 13.1. The van der Waals surface area contributed by atoms with Crippen LogP contribution in [0.2, 0.25) is 0 Å². The molecule has 2 aromatic heterocycles. The molecule has 0 aliphatic rings. The summed E-state index contributed by atoms with van der Waals surface area (Å²) in [5.74, 6) is -1.50. The molecule has 0 fully saturated rings. The highest BCUT2D eigenvalue weighted by Crippen LogP contribution is 2.15. The van der Waals surface area contributed by atoms with Gasteiger partial charge in [0.25, 0.3) is 5.56 Å². The first-order valence-electron chi connectivity index (χ1n) is 12.3. The molecule has 4 N–H and O–H groups in total. The number of H-pyrrole nitrogens is 1. The molecule has 13 nitrogen and oxygen atoms in total. The van der Waals surface area contributed by atoms with E-state index in [1.165, 1.54) is 6.33 Å². The number of fused-ring (bicyclic) bond motifs is 1. The molecule has 2 atom stereocenters. The Morgan fingerprint density at radius 1 is 1.22 bits per heavy atom. The molecule has 2 aromatic rings. The molecular formula is C24H38N6O7. The fraction of sp³-hybridized carbons (Fsp3) is 0.667. The van der Waals surface area contributed by atoms with Gasteiger partial charge in [-0.15, -0.1) is 0 Å². The summed E-state index contributed by atoms with van der Waals surface area (Å²) in [6.45, 7) is 11.0. The third kappa shape index (κ3) is 9.39. The van der Waals surface area contributed by atoms with E-state index in [1.54, 1.807) is 39.2 Å². The molecule has 0 bridgehead atoms. The monoisotopic (exact) mass is 522 g/mol. The molecule has 0 saturated carbocycles. The minimum absolute atomic E-state index is 0.0107. The van der Waals surface area contributed by atoms with Crippen LogP contribution in [0.25, 0.3) is 11.2 Å². The summed E-state index contributed by atoms with van der Waals surface area (Å²) in [6.07, 6.45) is 2.02. The smallest absolute Gasteiger partial charge is 0.408 e. The second-order valence-corrected chi connectivity index (χ2v) is 10.1. The van der Waals surface area contributed by atoms with Crippen molar-refractivity contribution in [2.24, 2.45) is 11.8 Å². The number of nitrogens with zero attached hydrogens (tertiary/aromatic N) is 3. The van der Waals surface area contributed by atoms with Gasteiger partial charge >= 0.3 is 18.0 Å². The molecule has 0 radical (unpaired) electrons. The molecule has 0 unspecified atom stereocenters. The van der Waals surface area contributed by atoms with Crippen LogP contribution in [0.3, 0.4) is 0 Å². The first kappa shape index (κ1) is 29.6. The number of carbonyl (C=O) groups excluding carboxylic acids is 3. The van der Waals surface area contributed by atoms with Crippen molar-refractivity contribution in [2.75, 3.05) is 18.9 Å². The Labute approximate surface area is 215 Å². The van der Waals surface area contributed by atoms with Crippen LogP contribution in [-0.4, -0.2) is 62.4 Å². The van der Waals surface area contributed by atoms with Crippen LogP contribution in [0.15, 0.2) is 11.1 Å². The SMILES string of the molecule is CCCC(=O)OC[C@H](CCOC(=O)[C@@H](NC(=O)OC(C)(C)C)C(C)C)Cn1cnc2c(=O)[nH]c(N)nc21. The molecule has 0 aliphatic heterocycles. The maximum atomic E-state index is 12.7. The highest BCUT2D eigenvalue weighted by Gasteiger charge is 2.28. The number of aromatic nitrogens is 4. The summed E-state index contributed by atoms with van der Waals surface area (Å²) in [7, 11) is 0. The van der Waals surface area contributed by atoms with Crippen molar-refractivity contribution < 1.29 is 28.6 Å². The van der Waals surface area contributed by atoms with E-state index in [0.717, 1.165) is 0 Å². The molecule has 206 valence electrons. The molecule has 0 spiro atoms. The molecule has 1 amide bonds. The number of nitrogens with one attached hydrogen (secondary N) is 2. The largest absolute Gasteiger partial charge is 0.465 e. The van der Waals surface area contributed by atoms with E-state index in [4.69, 9.17) is 19.9 Å². The van der Waals surface area contributed by atoms with Gasteiger partial charge in [0, 0.05) is 18.9 Å². The van der Waals surface area contributed by atoms with Crippen molar-refractivity contribution in [3.63, 3.8) is 0 Å². The highest BCUT2D eigenvalue weighted by molar-refractivity contribution is 5.81. The fourth-order valence-electron chi connectivity index (χ4n) is 3.45.